The standard InChI is InChI=1S/C18H17ClN2O5/c1-25-15-7-11(19)13(8-16(15)26-2)21-18(24)10-6-9-12(20-17(10)23)4-3-5-14(9)22/h6-8H,3-5H2,1-2H3,(H,20,23)(H,21,24). The number of Topliss-reactive ketones (excluding diaryl/α,β-unsaturated/α-hetero) is 1. The number of ketones is 1. The number of H-pyrrole nitrogens is 1. The van der Waals surface area contributed by atoms with Gasteiger partial charge in [0.15, 0.2) is 17.3 Å². The molecule has 0 spiro atoms. The van der Waals surface area contributed by atoms with Gasteiger partial charge in [0.2, 0.25) is 0 Å². The fourth-order valence-corrected chi connectivity index (χ4v) is 3.08. The predicted octanol–water partition coefficient (Wildman–Crippen LogP) is 2.82. The maximum atomic E-state index is 12.6. The lowest BCUT2D eigenvalue weighted by atomic mass is 9.93. The first kappa shape index (κ1) is 18.0. The molecule has 0 fully saturated rings. The Morgan fingerprint density at radius 1 is 1.12 bits per heavy atom. The molecule has 0 saturated heterocycles. The van der Waals surface area contributed by atoms with Gasteiger partial charge in [0.05, 0.1) is 24.9 Å². The van der Waals surface area contributed by atoms with Crippen LogP contribution in [0.3, 0.4) is 0 Å². The number of carbonyl (C=O) groups is 2. The average Bonchev–Trinajstić information content (AvgIpc) is 2.62. The van der Waals surface area contributed by atoms with Gasteiger partial charge >= 0.3 is 0 Å². The number of fused-ring (bicyclic) bond motifs is 1. The van der Waals surface area contributed by atoms with Crippen molar-refractivity contribution in [3.05, 3.63) is 50.4 Å². The van der Waals surface area contributed by atoms with Gasteiger partial charge < -0.3 is 19.8 Å². The summed E-state index contributed by atoms with van der Waals surface area (Å²) in [7, 11) is 2.92. The number of aromatic nitrogens is 1. The van der Waals surface area contributed by atoms with Crippen LogP contribution in [0, 0.1) is 0 Å². The van der Waals surface area contributed by atoms with Crippen molar-refractivity contribution in [2.75, 3.05) is 19.5 Å². The van der Waals surface area contributed by atoms with Crippen molar-refractivity contribution in [1.29, 1.82) is 0 Å². The highest BCUT2D eigenvalue weighted by Gasteiger charge is 2.22. The summed E-state index contributed by atoms with van der Waals surface area (Å²) >= 11 is 6.16. The van der Waals surface area contributed by atoms with Crippen LogP contribution in [0.25, 0.3) is 0 Å². The number of halogens is 1. The van der Waals surface area contributed by atoms with Crippen LogP contribution >= 0.6 is 11.6 Å². The van der Waals surface area contributed by atoms with E-state index in [1.165, 1.54) is 32.4 Å². The SMILES string of the molecule is COc1cc(Cl)c(NC(=O)c2cc3c([nH]c2=O)CCCC3=O)cc1OC. The summed E-state index contributed by atoms with van der Waals surface area (Å²) in [4.78, 5) is 39.5. The molecular formula is C18H17ClN2O5. The molecule has 136 valence electrons. The van der Waals surface area contributed by atoms with E-state index in [-0.39, 0.29) is 22.1 Å². The predicted molar refractivity (Wildman–Crippen MR) is 96.8 cm³/mol. The Hall–Kier alpha value is -2.80. The average molecular weight is 377 g/mol. The Labute approximate surface area is 154 Å². The molecule has 0 atom stereocenters. The van der Waals surface area contributed by atoms with Crippen LogP contribution in [0.5, 0.6) is 11.5 Å². The van der Waals surface area contributed by atoms with E-state index in [4.69, 9.17) is 21.1 Å². The zero-order chi connectivity index (χ0) is 18.8. The van der Waals surface area contributed by atoms with Gasteiger partial charge in [-0.1, -0.05) is 11.6 Å². The second-order valence-corrected chi connectivity index (χ2v) is 6.23. The van der Waals surface area contributed by atoms with Crippen LogP contribution < -0.4 is 20.3 Å². The molecule has 7 nitrogen and oxygen atoms in total. The van der Waals surface area contributed by atoms with E-state index in [9.17, 15) is 14.4 Å². The molecule has 2 N–H and O–H groups in total. The lowest BCUT2D eigenvalue weighted by Gasteiger charge is -2.15. The van der Waals surface area contributed by atoms with Crippen molar-refractivity contribution in [3.8, 4) is 11.5 Å². The molecule has 0 saturated carbocycles. The molecule has 0 bridgehead atoms. The molecule has 0 aliphatic heterocycles. The highest BCUT2D eigenvalue weighted by Crippen LogP contribution is 2.36. The molecule has 0 unspecified atom stereocenters. The minimum absolute atomic E-state index is 0.0827. The highest BCUT2D eigenvalue weighted by atomic mass is 35.5. The number of pyridine rings is 1. The smallest absolute Gasteiger partial charge is 0.261 e. The summed E-state index contributed by atoms with van der Waals surface area (Å²) in [5.74, 6) is 0.0386. The topological polar surface area (TPSA) is 97.5 Å². The zero-order valence-electron chi connectivity index (χ0n) is 14.3. The maximum Gasteiger partial charge on any atom is 0.261 e. The number of amides is 1. The van der Waals surface area contributed by atoms with Gasteiger partial charge in [-0.05, 0) is 18.9 Å². The second-order valence-electron chi connectivity index (χ2n) is 5.82. The van der Waals surface area contributed by atoms with E-state index in [1.54, 1.807) is 0 Å². The lowest BCUT2D eigenvalue weighted by molar-refractivity contribution is 0.0971. The zero-order valence-corrected chi connectivity index (χ0v) is 15.0. The van der Waals surface area contributed by atoms with Crippen molar-refractivity contribution >= 4 is 29.0 Å². The number of methoxy groups -OCH3 is 2. The van der Waals surface area contributed by atoms with Crippen molar-refractivity contribution in [2.45, 2.75) is 19.3 Å². The molecule has 1 aliphatic rings. The Morgan fingerprint density at radius 2 is 1.81 bits per heavy atom. The molecule has 0 radical (unpaired) electrons. The Balaban J connectivity index is 1.95. The monoisotopic (exact) mass is 376 g/mol. The molecule has 26 heavy (non-hydrogen) atoms. The molecule has 2 aromatic rings. The summed E-state index contributed by atoms with van der Waals surface area (Å²) in [6, 6.07) is 4.34. The van der Waals surface area contributed by atoms with Crippen molar-refractivity contribution in [3.63, 3.8) is 0 Å². The van der Waals surface area contributed by atoms with E-state index in [1.807, 2.05) is 0 Å². The fourth-order valence-electron chi connectivity index (χ4n) is 2.88. The Morgan fingerprint density at radius 3 is 2.50 bits per heavy atom. The number of benzene rings is 1. The van der Waals surface area contributed by atoms with Crippen molar-refractivity contribution < 1.29 is 19.1 Å². The molecular weight excluding hydrogens is 360 g/mol. The largest absolute Gasteiger partial charge is 0.493 e. The van der Waals surface area contributed by atoms with Crippen LogP contribution in [0.4, 0.5) is 5.69 Å². The maximum absolute atomic E-state index is 12.6. The summed E-state index contributed by atoms with van der Waals surface area (Å²) in [6.07, 6.45) is 1.70. The number of ether oxygens (including phenoxy) is 2. The first-order valence-corrected chi connectivity index (χ1v) is 8.34. The summed E-state index contributed by atoms with van der Waals surface area (Å²) in [6.45, 7) is 0. The molecule has 1 aromatic carbocycles. The minimum Gasteiger partial charge on any atom is -0.493 e. The third-order valence-corrected chi connectivity index (χ3v) is 4.53. The van der Waals surface area contributed by atoms with Gasteiger partial charge in [0.25, 0.3) is 11.5 Å². The first-order valence-electron chi connectivity index (χ1n) is 7.97. The molecule has 1 aliphatic carbocycles. The van der Waals surface area contributed by atoms with Crippen LogP contribution in [-0.2, 0) is 6.42 Å². The number of carbonyl (C=O) groups excluding carboxylic acids is 2. The summed E-state index contributed by atoms with van der Waals surface area (Å²) < 4.78 is 10.3. The van der Waals surface area contributed by atoms with Gasteiger partial charge in [-0.25, -0.2) is 0 Å². The Bertz CT molecular complexity index is 951. The Kier molecular flexibility index (Phi) is 4.99. The van der Waals surface area contributed by atoms with E-state index >= 15 is 0 Å². The van der Waals surface area contributed by atoms with Crippen molar-refractivity contribution in [1.82, 2.24) is 4.98 Å². The molecule has 1 aromatic heterocycles. The number of hydrogen-bond acceptors (Lipinski definition) is 5. The quantitative estimate of drug-likeness (QED) is 0.855. The number of aromatic amines is 1. The first-order chi connectivity index (χ1) is 12.4. The molecule has 1 amide bonds. The third kappa shape index (κ3) is 3.30. The normalized spacial score (nSPS) is 13.1. The van der Waals surface area contributed by atoms with Crippen LogP contribution in [0.15, 0.2) is 23.0 Å². The van der Waals surface area contributed by atoms with Gasteiger partial charge in [-0.3, -0.25) is 14.4 Å². The van der Waals surface area contributed by atoms with Gasteiger partial charge in [-0.2, -0.15) is 0 Å². The molecule has 1 heterocycles. The highest BCUT2D eigenvalue weighted by molar-refractivity contribution is 6.34. The van der Waals surface area contributed by atoms with E-state index in [2.05, 4.69) is 10.3 Å². The number of hydrogen-bond donors (Lipinski definition) is 2. The van der Waals surface area contributed by atoms with Gasteiger partial charge in [-0.15, -0.1) is 0 Å². The summed E-state index contributed by atoms with van der Waals surface area (Å²) in [5.41, 5.74) is 0.529. The van der Waals surface area contributed by atoms with Gasteiger partial charge in [0.1, 0.15) is 5.56 Å². The van der Waals surface area contributed by atoms with Crippen LogP contribution in [0.2, 0.25) is 5.02 Å². The van der Waals surface area contributed by atoms with Crippen molar-refractivity contribution in [2.24, 2.45) is 0 Å². The number of rotatable bonds is 4. The van der Waals surface area contributed by atoms with Gasteiger partial charge in [0, 0.05) is 29.8 Å². The third-order valence-electron chi connectivity index (χ3n) is 4.22. The van der Waals surface area contributed by atoms with E-state index in [0.717, 1.165) is 0 Å². The van der Waals surface area contributed by atoms with E-state index < -0.39 is 11.5 Å². The minimum atomic E-state index is -0.665. The van der Waals surface area contributed by atoms with Crippen LogP contribution in [-0.4, -0.2) is 30.9 Å². The molecule has 3 rings (SSSR count). The number of aryl methyl sites for hydroxylation is 1. The van der Waals surface area contributed by atoms with Crippen LogP contribution in [0.1, 0.15) is 39.3 Å². The molecule has 8 heteroatoms. The fraction of sp³-hybridized carbons (Fsp3) is 0.278. The summed E-state index contributed by atoms with van der Waals surface area (Å²) in [5, 5.41) is 2.80. The lowest BCUT2D eigenvalue weighted by Crippen LogP contribution is -2.27. The van der Waals surface area contributed by atoms with E-state index in [0.29, 0.717) is 42.0 Å². The second kappa shape index (κ2) is 7.21. The number of anilines is 1. The number of nitrogens with one attached hydrogen (secondary N) is 2.